The molecule has 0 aromatic carbocycles. The third-order valence-corrected chi connectivity index (χ3v) is 3.44. The maximum Gasteiger partial charge on any atom is 0.267 e. The second-order valence-corrected chi connectivity index (χ2v) is 5.41. The molecule has 0 amide bonds. The van der Waals surface area contributed by atoms with Crippen LogP contribution in [0.1, 0.15) is 0 Å². The van der Waals surface area contributed by atoms with Gasteiger partial charge in [-0.1, -0.05) is 0 Å². The largest absolute Gasteiger partial charge is 0.395 e. The van der Waals surface area contributed by atoms with Crippen molar-refractivity contribution in [3.63, 3.8) is 0 Å². The number of aliphatic hydroxyl groups excluding tert-OH is 1. The molecule has 1 fully saturated rings. The summed E-state index contributed by atoms with van der Waals surface area (Å²) in [6.07, 6.45) is -0.661. The maximum atomic E-state index is 10.7. The second kappa shape index (κ2) is 5.89. The van der Waals surface area contributed by atoms with Crippen LogP contribution in [0.4, 0.5) is 0 Å². The van der Waals surface area contributed by atoms with Gasteiger partial charge in [0.2, 0.25) is 0 Å². The van der Waals surface area contributed by atoms with Crippen molar-refractivity contribution in [3.05, 3.63) is 0 Å². The SMILES string of the molecule is NC(CS(=O)(=O)O)N1CCN(CCO)CC1. The number of piperazine rings is 1. The number of aliphatic hydroxyl groups is 1. The summed E-state index contributed by atoms with van der Waals surface area (Å²) in [5.74, 6) is -0.438. The highest BCUT2D eigenvalue weighted by molar-refractivity contribution is 7.85. The van der Waals surface area contributed by atoms with Gasteiger partial charge in [-0.25, -0.2) is 0 Å². The summed E-state index contributed by atoms with van der Waals surface area (Å²) in [5, 5.41) is 8.75. The minimum Gasteiger partial charge on any atom is -0.395 e. The first-order valence-electron chi connectivity index (χ1n) is 5.20. The van der Waals surface area contributed by atoms with Crippen molar-refractivity contribution < 1.29 is 18.1 Å². The van der Waals surface area contributed by atoms with Crippen LogP contribution < -0.4 is 5.73 Å². The fraction of sp³-hybridized carbons (Fsp3) is 1.00. The average molecular weight is 253 g/mol. The predicted molar refractivity (Wildman–Crippen MR) is 59.5 cm³/mol. The lowest BCUT2D eigenvalue weighted by Gasteiger charge is -2.37. The molecule has 1 saturated heterocycles. The normalized spacial score (nSPS) is 22.2. The van der Waals surface area contributed by atoms with E-state index in [-0.39, 0.29) is 6.61 Å². The molecule has 0 aliphatic carbocycles. The molecule has 1 aliphatic rings. The Kier molecular flexibility index (Phi) is 5.09. The van der Waals surface area contributed by atoms with Gasteiger partial charge in [-0.05, 0) is 0 Å². The molecule has 1 rings (SSSR count). The summed E-state index contributed by atoms with van der Waals surface area (Å²) >= 11 is 0. The number of rotatable bonds is 5. The molecule has 0 saturated carbocycles. The van der Waals surface area contributed by atoms with Crippen LogP contribution in [0, 0.1) is 0 Å². The Hall–Kier alpha value is -0.250. The van der Waals surface area contributed by atoms with Crippen LogP contribution >= 0.6 is 0 Å². The molecule has 0 aromatic rings. The fourth-order valence-electron chi connectivity index (χ4n) is 1.78. The zero-order chi connectivity index (χ0) is 12.2. The van der Waals surface area contributed by atoms with Crippen molar-refractivity contribution in [2.24, 2.45) is 5.73 Å². The molecule has 0 aromatic heterocycles. The summed E-state index contributed by atoms with van der Waals surface area (Å²) in [4.78, 5) is 3.90. The molecule has 4 N–H and O–H groups in total. The molecule has 1 heterocycles. The molecule has 0 radical (unpaired) electrons. The summed E-state index contributed by atoms with van der Waals surface area (Å²) in [6.45, 7) is 3.55. The predicted octanol–water partition coefficient (Wildman–Crippen LogP) is -2.23. The van der Waals surface area contributed by atoms with E-state index >= 15 is 0 Å². The Bertz CT molecular complexity index is 300. The zero-order valence-electron chi connectivity index (χ0n) is 9.12. The van der Waals surface area contributed by atoms with Crippen LogP contribution in [0.15, 0.2) is 0 Å². The standard InChI is InChI=1S/C8H19N3O4S/c9-8(7-16(13,14)15)11-3-1-10(2-4-11)5-6-12/h8,12H,1-7,9H2,(H,13,14,15). The Labute approximate surface area is 95.6 Å². The van der Waals surface area contributed by atoms with E-state index in [1.165, 1.54) is 0 Å². The van der Waals surface area contributed by atoms with Gasteiger partial charge >= 0.3 is 0 Å². The first-order chi connectivity index (χ1) is 7.42. The van der Waals surface area contributed by atoms with Gasteiger partial charge in [-0.3, -0.25) is 14.4 Å². The molecule has 96 valence electrons. The zero-order valence-corrected chi connectivity index (χ0v) is 9.93. The lowest BCUT2D eigenvalue weighted by molar-refractivity contribution is 0.0910. The van der Waals surface area contributed by atoms with Gasteiger partial charge in [-0.15, -0.1) is 0 Å². The van der Waals surface area contributed by atoms with Crippen molar-refractivity contribution in [1.29, 1.82) is 0 Å². The van der Waals surface area contributed by atoms with E-state index < -0.39 is 22.0 Å². The van der Waals surface area contributed by atoms with E-state index in [9.17, 15) is 8.42 Å². The second-order valence-electron chi connectivity index (χ2n) is 3.92. The van der Waals surface area contributed by atoms with Gasteiger partial charge in [0.15, 0.2) is 0 Å². The van der Waals surface area contributed by atoms with Gasteiger partial charge in [-0.2, -0.15) is 8.42 Å². The number of β-amino-alcohol motifs (C(OH)–C–C–N with tert-alkyl or cyclic N) is 1. The van der Waals surface area contributed by atoms with Gasteiger partial charge in [0, 0.05) is 32.7 Å². The van der Waals surface area contributed by atoms with E-state index in [2.05, 4.69) is 4.90 Å². The number of hydrogen-bond acceptors (Lipinski definition) is 6. The molecular weight excluding hydrogens is 234 g/mol. The molecule has 1 atom stereocenters. The van der Waals surface area contributed by atoms with Gasteiger partial charge < -0.3 is 10.8 Å². The Balaban J connectivity index is 2.36. The van der Waals surface area contributed by atoms with Crippen molar-refractivity contribution in [2.45, 2.75) is 6.17 Å². The fourth-order valence-corrected chi connectivity index (χ4v) is 2.42. The lowest BCUT2D eigenvalue weighted by Crippen LogP contribution is -2.55. The quantitative estimate of drug-likeness (QED) is 0.476. The molecule has 8 heteroatoms. The van der Waals surface area contributed by atoms with Crippen LogP contribution in [0.2, 0.25) is 0 Å². The number of hydrogen-bond donors (Lipinski definition) is 3. The van der Waals surface area contributed by atoms with Crippen LogP contribution in [-0.4, -0.2) is 79.1 Å². The van der Waals surface area contributed by atoms with E-state index in [1.54, 1.807) is 0 Å². The molecule has 1 aliphatic heterocycles. The summed E-state index contributed by atoms with van der Waals surface area (Å²) < 4.78 is 30.0. The minimum absolute atomic E-state index is 0.122. The van der Waals surface area contributed by atoms with Gasteiger partial charge in [0.1, 0.15) is 5.75 Å². The van der Waals surface area contributed by atoms with Crippen LogP contribution in [0.3, 0.4) is 0 Å². The lowest BCUT2D eigenvalue weighted by atomic mass is 10.3. The third kappa shape index (κ3) is 4.73. The molecule has 7 nitrogen and oxygen atoms in total. The highest BCUT2D eigenvalue weighted by atomic mass is 32.2. The van der Waals surface area contributed by atoms with Crippen molar-refractivity contribution in [3.8, 4) is 0 Å². The van der Waals surface area contributed by atoms with Crippen molar-refractivity contribution in [1.82, 2.24) is 9.80 Å². The first-order valence-corrected chi connectivity index (χ1v) is 6.81. The van der Waals surface area contributed by atoms with E-state index in [4.69, 9.17) is 15.4 Å². The van der Waals surface area contributed by atoms with Crippen molar-refractivity contribution in [2.75, 3.05) is 45.1 Å². The smallest absolute Gasteiger partial charge is 0.267 e. The maximum absolute atomic E-state index is 10.7. The molecule has 0 bridgehead atoms. The number of nitrogens with two attached hydrogens (primary N) is 1. The van der Waals surface area contributed by atoms with Crippen LogP contribution in [0.5, 0.6) is 0 Å². The minimum atomic E-state index is -4.02. The highest BCUT2D eigenvalue weighted by Gasteiger charge is 2.24. The Morgan fingerprint density at radius 3 is 2.25 bits per heavy atom. The molecule has 0 spiro atoms. The summed E-state index contributed by atoms with van der Waals surface area (Å²) in [5.41, 5.74) is 5.67. The summed E-state index contributed by atoms with van der Waals surface area (Å²) in [7, 11) is -4.02. The third-order valence-electron chi connectivity index (χ3n) is 2.67. The van der Waals surface area contributed by atoms with Gasteiger partial charge in [0.25, 0.3) is 10.1 Å². The molecule has 16 heavy (non-hydrogen) atoms. The topological polar surface area (TPSA) is 107 Å². The average Bonchev–Trinajstić information content (AvgIpc) is 2.16. The Morgan fingerprint density at radius 1 is 1.25 bits per heavy atom. The molecule has 1 unspecified atom stereocenters. The molecular formula is C8H19N3O4S. The summed E-state index contributed by atoms with van der Waals surface area (Å²) in [6, 6.07) is 0. The highest BCUT2D eigenvalue weighted by Crippen LogP contribution is 2.04. The number of nitrogens with zero attached hydrogens (tertiary/aromatic N) is 2. The van der Waals surface area contributed by atoms with Crippen LogP contribution in [0.25, 0.3) is 0 Å². The Morgan fingerprint density at radius 2 is 1.81 bits per heavy atom. The van der Waals surface area contributed by atoms with E-state index in [1.807, 2.05) is 4.90 Å². The van der Waals surface area contributed by atoms with Gasteiger partial charge in [0.05, 0.1) is 12.8 Å². The van der Waals surface area contributed by atoms with E-state index in [0.717, 1.165) is 13.1 Å². The van der Waals surface area contributed by atoms with Crippen LogP contribution in [-0.2, 0) is 10.1 Å². The first kappa shape index (κ1) is 13.8. The van der Waals surface area contributed by atoms with E-state index in [0.29, 0.717) is 19.6 Å². The van der Waals surface area contributed by atoms with Crippen molar-refractivity contribution >= 4 is 10.1 Å². The monoisotopic (exact) mass is 253 g/mol.